The van der Waals surface area contributed by atoms with Crippen LogP contribution in [-0.4, -0.2) is 12.2 Å². The Hall–Kier alpha value is -0.0400. The minimum absolute atomic E-state index is 0.632. The molecular weight excluding hydrogens is 136 g/mol. The fraction of sp³-hybridized carbons (Fsp3) is 1.00. The molecule has 0 unspecified atom stereocenters. The smallest absolute Gasteiger partial charge is 0.0584 e. The second-order valence-electron chi connectivity index (χ2n) is 4.24. The summed E-state index contributed by atoms with van der Waals surface area (Å²) in [7, 11) is 0. The fourth-order valence-corrected chi connectivity index (χ4v) is 2.24. The van der Waals surface area contributed by atoms with E-state index in [9.17, 15) is 0 Å². The summed E-state index contributed by atoms with van der Waals surface area (Å²) in [6, 6.07) is 0. The largest absolute Gasteiger partial charge is 0.375 e. The van der Waals surface area contributed by atoms with Crippen LogP contribution in [0.2, 0.25) is 0 Å². The van der Waals surface area contributed by atoms with E-state index < -0.39 is 0 Å². The molecule has 0 aromatic carbocycles. The molecule has 0 aliphatic heterocycles. The van der Waals surface area contributed by atoms with E-state index >= 15 is 0 Å². The molecule has 0 saturated heterocycles. The maximum absolute atomic E-state index is 5.92. The molecule has 1 heteroatoms. The van der Waals surface area contributed by atoms with Crippen LogP contribution in [0.1, 0.15) is 45.4 Å². The molecule has 0 aromatic heterocycles. The molecule has 0 amide bonds. The van der Waals surface area contributed by atoms with Gasteiger partial charge in [0, 0.05) is 0 Å². The predicted molar refractivity (Wildman–Crippen MR) is 45.5 cm³/mol. The summed E-state index contributed by atoms with van der Waals surface area (Å²) >= 11 is 0. The van der Waals surface area contributed by atoms with Gasteiger partial charge < -0.3 is 4.74 Å². The molecule has 2 rings (SSSR count). The normalized spacial score (nSPS) is 39.0. The highest BCUT2D eigenvalue weighted by Gasteiger charge is 2.29. The predicted octanol–water partition coefficient (Wildman–Crippen LogP) is 2.74. The first-order valence-electron chi connectivity index (χ1n) is 5.00. The van der Waals surface area contributed by atoms with Crippen molar-refractivity contribution in [1.29, 1.82) is 0 Å². The topological polar surface area (TPSA) is 9.23 Å². The van der Waals surface area contributed by atoms with Crippen molar-refractivity contribution in [3.05, 3.63) is 0 Å². The molecule has 0 radical (unpaired) electrons. The van der Waals surface area contributed by atoms with E-state index in [2.05, 4.69) is 6.92 Å². The van der Waals surface area contributed by atoms with Crippen LogP contribution < -0.4 is 0 Å². The monoisotopic (exact) mass is 154 g/mol. The van der Waals surface area contributed by atoms with Crippen molar-refractivity contribution in [1.82, 2.24) is 0 Å². The Morgan fingerprint density at radius 1 is 1.00 bits per heavy atom. The molecule has 1 nitrogen and oxygen atoms in total. The lowest BCUT2D eigenvalue weighted by Crippen LogP contribution is -2.32. The Labute approximate surface area is 69.1 Å². The molecule has 2 fully saturated rings. The van der Waals surface area contributed by atoms with Crippen molar-refractivity contribution in [2.45, 2.75) is 57.7 Å². The molecule has 2 saturated carbocycles. The highest BCUT2D eigenvalue weighted by molar-refractivity contribution is 4.79. The second kappa shape index (κ2) is 3.14. The first kappa shape index (κ1) is 7.60. The van der Waals surface area contributed by atoms with Gasteiger partial charge in [0.15, 0.2) is 0 Å². The SMILES string of the molecule is CC1CC(OC2CCCC2)C1. The minimum Gasteiger partial charge on any atom is -0.375 e. The molecule has 64 valence electrons. The summed E-state index contributed by atoms with van der Waals surface area (Å²) < 4.78 is 5.92. The van der Waals surface area contributed by atoms with Gasteiger partial charge in [-0.2, -0.15) is 0 Å². The summed E-state index contributed by atoms with van der Waals surface area (Å²) in [6.07, 6.45) is 9.34. The van der Waals surface area contributed by atoms with Gasteiger partial charge in [-0.1, -0.05) is 19.8 Å². The summed E-state index contributed by atoms with van der Waals surface area (Å²) in [5.74, 6) is 0.932. The third-order valence-corrected chi connectivity index (χ3v) is 3.02. The van der Waals surface area contributed by atoms with E-state index in [-0.39, 0.29) is 0 Å². The van der Waals surface area contributed by atoms with Crippen LogP contribution in [0.15, 0.2) is 0 Å². The molecule has 0 heterocycles. The summed E-state index contributed by atoms with van der Waals surface area (Å²) in [5, 5.41) is 0. The zero-order valence-corrected chi connectivity index (χ0v) is 7.38. The van der Waals surface area contributed by atoms with E-state index in [4.69, 9.17) is 4.74 Å². The van der Waals surface area contributed by atoms with Crippen LogP contribution in [0, 0.1) is 5.92 Å². The standard InChI is InChI=1S/C10H18O/c1-8-6-10(7-8)11-9-4-2-3-5-9/h8-10H,2-7H2,1H3. The van der Waals surface area contributed by atoms with Crippen LogP contribution in [0.25, 0.3) is 0 Å². The van der Waals surface area contributed by atoms with Crippen molar-refractivity contribution in [2.24, 2.45) is 5.92 Å². The van der Waals surface area contributed by atoms with Gasteiger partial charge in [0.2, 0.25) is 0 Å². The second-order valence-corrected chi connectivity index (χ2v) is 4.24. The van der Waals surface area contributed by atoms with E-state index in [1.165, 1.54) is 38.5 Å². The van der Waals surface area contributed by atoms with Crippen LogP contribution >= 0.6 is 0 Å². The van der Waals surface area contributed by atoms with Crippen molar-refractivity contribution in [2.75, 3.05) is 0 Å². The average molecular weight is 154 g/mol. The van der Waals surface area contributed by atoms with Gasteiger partial charge >= 0.3 is 0 Å². The van der Waals surface area contributed by atoms with Crippen molar-refractivity contribution >= 4 is 0 Å². The van der Waals surface area contributed by atoms with Crippen molar-refractivity contribution in [3.63, 3.8) is 0 Å². The summed E-state index contributed by atoms with van der Waals surface area (Å²) in [5.41, 5.74) is 0. The Bertz CT molecular complexity index is 121. The number of ether oxygens (including phenoxy) is 1. The number of hydrogen-bond donors (Lipinski definition) is 0. The molecule has 11 heavy (non-hydrogen) atoms. The lowest BCUT2D eigenvalue weighted by molar-refractivity contribution is -0.0686. The molecule has 0 aromatic rings. The molecular formula is C10H18O. The van der Waals surface area contributed by atoms with Gasteiger partial charge in [-0.05, 0) is 31.6 Å². The third-order valence-electron chi connectivity index (χ3n) is 3.02. The van der Waals surface area contributed by atoms with Crippen LogP contribution in [-0.2, 0) is 4.74 Å². The first-order valence-corrected chi connectivity index (χ1v) is 5.00. The first-order chi connectivity index (χ1) is 5.34. The lowest BCUT2D eigenvalue weighted by atomic mass is 9.84. The number of hydrogen-bond acceptors (Lipinski definition) is 1. The molecule has 0 bridgehead atoms. The van der Waals surface area contributed by atoms with Gasteiger partial charge in [0.25, 0.3) is 0 Å². The van der Waals surface area contributed by atoms with Gasteiger partial charge in [-0.25, -0.2) is 0 Å². The van der Waals surface area contributed by atoms with Gasteiger partial charge in [0.1, 0.15) is 0 Å². The maximum Gasteiger partial charge on any atom is 0.0584 e. The minimum atomic E-state index is 0.632. The summed E-state index contributed by atoms with van der Waals surface area (Å²) in [4.78, 5) is 0. The average Bonchev–Trinajstić information content (AvgIpc) is 2.36. The Morgan fingerprint density at radius 2 is 1.64 bits per heavy atom. The van der Waals surface area contributed by atoms with Gasteiger partial charge in [-0.15, -0.1) is 0 Å². The van der Waals surface area contributed by atoms with Gasteiger partial charge in [0.05, 0.1) is 12.2 Å². The van der Waals surface area contributed by atoms with E-state index in [1.54, 1.807) is 0 Å². The third kappa shape index (κ3) is 1.76. The van der Waals surface area contributed by atoms with Crippen molar-refractivity contribution < 1.29 is 4.74 Å². The van der Waals surface area contributed by atoms with E-state index in [1.807, 2.05) is 0 Å². The van der Waals surface area contributed by atoms with E-state index in [0.717, 1.165) is 5.92 Å². The van der Waals surface area contributed by atoms with Crippen molar-refractivity contribution in [3.8, 4) is 0 Å². The summed E-state index contributed by atoms with van der Waals surface area (Å²) in [6.45, 7) is 2.31. The fourth-order valence-electron chi connectivity index (χ4n) is 2.24. The zero-order chi connectivity index (χ0) is 7.68. The maximum atomic E-state index is 5.92. The quantitative estimate of drug-likeness (QED) is 0.594. The highest BCUT2D eigenvalue weighted by atomic mass is 16.5. The molecule has 2 aliphatic carbocycles. The molecule has 0 atom stereocenters. The molecule has 0 N–H and O–H groups in total. The van der Waals surface area contributed by atoms with Crippen LogP contribution in [0.3, 0.4) is 0 Å². The zero-order valence-electron chi connectivity index (χ0n) is 7.38. The van der Waals surface area contributed by atoms with Gasteiger partial charge in [-0.3, -0.25) is 0 Å². The molecule has 0 spiro atoms. The van der Waals surface area contributed by atoms with Crippen LogP contribution in [0.4, 0.5) is 0 Å². The highest BCUT2D eigenvalue weighted by Crippen LogP contribution is 2.33. The molecule has 2 aliphatic rings. The van der Waals surface area contributed by atoms with Crippen LogP contribution in [0.5, 0.6) is 0 Å². The Morgan fingerprint density at radius 3 is 2.18 bits per heavy atom. The lowest BCUT2D eigenvalue weighted by Gasteiger charge is -2.34. The number of rotatable bonds is 2. The Kier molecular flexibility index (Phi) is 2.17. The van der Waals surface area contributed by atoms with E-state index in [0.29, 0.717) is 12.2 Å². The Balaban J connectivity index is 1.66.